The van der Waals surface area contributed by atoms with E-state index < -0.39 is 0 Å². The molecule has 0 amide bonds. The molecule has 0 saturated heterocycles. The summed E-state index contributed by atoms with van der Waals surface area (Å²) in [6.45, 7) is 5.20. The van der Waals surface area contributed by atoms with Crippen molar-refractivity contribution < 1.29 is 9.13 Å². The first kappa shape index (κ1) is 15.5. The third-order valence-corrected chi connectivity index (χ3v) is 3.66. The van der Waals surface area contributed by atoms with Crippen molar-refractivity contribution in [2.24, 2.45) is 0 Å². The molecule has 0 saturated carbocycles. The van der Waals surface area contributed by atoms with Crippen LogP contribution in [0.3, 0.4) is 0 Å². The minimum Gasteiger partial charge on any atom is -0.497 e. The van der Waals surface area contributed by atoms with Gasteiger partial charge in [0.15, 0.2) is 0 Å². The lowest BCUT2D eigenvalue weighted by atomic mass is 9.99. The lowest BCUT2D eigenvalue weighted by Crippen LogP contribution is -2.19. The summed E-state index contributed by atoms with van der Waals surface area (Å²) in [5, 5.41) is 3.44. The van der Waals surface area contributed by atoms with E-state index in [4.69, 9.17) is 4.74 Å². The first-order valence-electron chi connectivity index (χ1n) is 7.36. The number of rotatable bonds is 6. The highest BCUT2D eigenvalue weighted by Gasteiger charge is 2.10. The number of halogens is 1. The Morgan fingerprint density at radius 1 is 1.10 bits per heavy atom. The van der Waals surface area contributed by atoms with Gasteiger partial charge in [0.1, 0.15) is 11.6 Å². The van der Waals surface area contributed by atoms with Crippen molar-refractivity contribution in [3.05, 3.63) is 53.8 Å². The van der Waals surface area contributed by atoms with Gasteiger partial charge in [-0.2, -0.15) is 0 Å². The zero-order valence-electron chi connectivity index (χ0n) is 12.8. The molecule has 0 aromatic heterocycles. The minimum absolute atomic E-state index is 0.263. The molecule has 0 aliphatic carbocycles. The summed E-state index contributed by atoms with van der Waals surface area (Å²) < 4.78 is 19.1. The Bertz CT molecular complexity index is 580. The van der Waals surface area contributed by atoms with Gasteiger partial charge in [-0.05, 0) is 36.2 Å². The lowest BCUT2D eigenvalue weighted by molar-refractivity contribution is 0.411. The van der Waals surface area contributed by atoms with Crippen LogP contribution in [0.25, 0.3) is 11.1 Å². The van der Waals surface area contributed by atoms with E-state index in [0.29, 0.717) is 17.4 Å². The Kier molecular flexibility index (Phi) is 5.34. The predicted molar refractivity (Wildman–Crippen MR) is 85.1 cm³/mol. The van der Waals surface area contributed by atoms with Gasteiger partial charge >= 0.3 is 0 Å². The molecule has 1 unspecified atom stereocenters. The summed E-state index contributed by atoms with van der Waals surface area (Å²) in [4.78, 5) is 0. The Labute approximate surface area is 126 Å². The van der Waals surface area contributed by atoms with Crippen LogP contribution in [0.1, 0.15) is 31.9 Å². The molecule has 2 aromatic rings. The van der Waals surface area contributed by atoms with Crippen molar-refractivity contribution in [2.45, 2.75) is 26.3 Å². The molecule has 0 heterocycles. The molecule has 2 rings (SSSR count). The number of ether oxygens (including phenoxy) is 1. The second-order valence-corrected chi connectivity index (χ2v) is 4.99. The normalized spacial score (nSPS) is 12.2. The van der Waals surface area contributed by atoms with E-state index in [2.05, 4.69) is 31.3 Å². The number of hydrogen-bond donors (Lipinski definition) is 1. The van der Waals surface area contributed by atoms with E-state index in [1.807, 2.05) is 12.1 Å². The van der Waals surface area contributed by atoms with Crippen molar-refractivity contribution in [3.8, 4) is 16.9 Å². The average Bonchev–Trinajstić information content (AvgIpc) is 2.53. The molecule has 1 atom stereocenters. The van der Waals surface area contributed by atoms with Crippen LogP contribution < -0.4 is 10.1 Å². The second kappa shape index (κ2) is 7.23. The number of benzene rings is 2. The zero-order valence-corrected chi connectivity index (χ0v) is 12.8. The van der Waals surface area contributed by atoms with E-state index in [0.717, 1.165) is 18.5 Å². The predicted octanol–water partition coefficient (Wildman–Crippen LogP) is 4.56. The van der Waals surface area contributed by atoms with Crippen molar-refractivity contribution in [3.63, 3.8) is 0 Å². The van der Waals surface area contributed by atoms with Gasteiger partial charge in [0.25, 0.3) is 0 Å². The van der Waals surface area contributed by atoms with Crippen LogP contribution in [0.5, 0.6) is 5.75 Å². The van der Waals surface area contributed by atoms with Crippen LogP contribution in [0.4, 0.5) is 4.39 Å². The SMILES string of the molecule is CCNC(CC)c1ccc(-c2ccc(OC)cc2F)cc1. The van der Waals surface area contributed by atoms with Gasteiger partial charge in [-0.25, -0.2) is 4.39 Å². The molecule has 3 heteroatoms. The van der Waals surface area contributed by atoms with Crippen LogP contribution >= 0.6 is 0 Å². The number of methoxy groups -OCH3 is 1. The molecular formula is C18H22FNO. The molecule has 0 aliphatic heterocycles. The monoisotopic (exact) mass is 287 g/mol. The van der Waals surface area contributed by atoms with Gasteiger partial charge in [0.2, 0.25) is 0 Å². The summed E-state index contributed by atoms with van der Waals surface area (Å²) >= 11 is 0. The maximum Gasteiger partial charge on any atom is 0.134 e. The van der Waals surface area contributed by atoms with Gasteiger partial charge in [-0.15, -0.1) is 0 Å². The molecule has 2 aromatic carbocycles. The molecule has 2 nitrogen and oxygen atoms in total. The van der Waals surface area contributed by atoms with Crippen LogP contribution in [-0.2, 0) is 0 Å². The number of hydrogen-bond acceptors (Lipinski definition) is 2. The molecular weight excluding hydrogens is 265 g/mol. The Morgan fingerprint density at radius 2 is 1.81 bits per heavy atom. The molecule has 21 heavy (non-hydrogen) atoms. The van der Waals surface area contributed by atoms with Crippen LogP contribution in [0.2, 0.25) is 0 Å². The topological polar surface area (TPSA) is 21.3 Å². The summed E-state index contributed by atoms with van der Waals surface area (Å²) in [6.07, 6.45) is 1.03. The average molecular weight is 287 g/mol. The first-order valence-corrected chi connectivity index (χ1v) is 7.36. The Balaban J connectivity index is 2.26. The molecule has 0 bridgehead atoms. The summed E-state index contributed by atoms with van der Waals surface area (Å²) in [6, 6.07) is 13.4. The van der Waals surface area contributed by atoms with Gasteiger partial charge in [0.05, 0.1) is 7.11 Å². The van der Waals surface area contributed by atoms with Crippen molar-refractivity contribution in [2.75, 3.05) is 13.7 Å². The molecule has 0 spiro atoms. The summed E-state index contributed by atoms with van der Waals surface area (Å²) in [7, 11) is 1.54. The smallest absolute Gasteiger partial charge is 0.134 e. The standard InChI is InChI=1S/C18H22FNO/c1-4-18(20-5-2)14-8-6-13(7-9-14)16-11-10-15(21-3)12-17(16)19/h6-12,18,20H,4-5H2,1-3H3. The van der Waals surface area contributed by atoms with Gasteiger partial charge in [-0.1, -0.05) is 38.1 Å². The highest BCUT2D eigenvalue weighted by molar-refractivity contribution is 5.65. The summed E-state index contributed by atoms with van der Waals surface area (Å²) in [5.41, 5.74) is 2.71. The molecule has 112 valence electrons. The highest BCUT2D eigenvalue weighted by atomic mass is 19.1. The molecule has 0 radical (unpaired) electrons. The largest absolute Gasteiger partial charge is 0.497 e. The van der Waals surface area contributed by atoms with Crippen LogP contribution in [0.15, 0.2) is 42.5 Å². The van der Waals surface area contributed by atoms with Crippen LogP contribution in [-0.4, -0.2) is 13.7 Å². The molecule has 1 N–H and O–H groups in total. The van der Waals surface area contributed by atoms with E-state index >= 15 is 0 Å². The number of nitrogens with one attached hydrogen (secondary N) is 1. The maximum atomic E-state index is 14.1. The fourth-order valence-electron chi connectivity index (χ4n) is 2.50. The Hall–Kier alpha value is -1.87. The molecule has 0 fully saturated rings. The fraction of sp³-hybridized carbons (Fsp3) is 0.333. The van der Waals surface area contributed by atoms with E-state index in [1.54, 1.807) is 12.1 Å². The van der Waals surface area contributed by atoms with Gasteiger partial charge < -0.3 is 10.1 Å². The maximum absolute atomic E-state index is 14.1. The van der Waals surface area contributed by atoms with E-state index in [9.17, 15) is 4.39 Å². The van der Waals surface area contributed by atoms with Crippen molar-refractivity contribution in [1.29, 1.82) is 0 Å². The zero-order chi connectivity index (χ0) is 15.2. The van der Waals surface area contributed by atoms with Crippen LogP contribution in [0, 0.1) is 5.82 Å². The lowest BCUT2D eigenvalue weighted by Gasteiger charge is -2.16. The minimum atomic E-state index is -0.263. The Morgan fingerprint density at radius 3 is 2.33 bits per heavy atom. The van der Waals surface area contributed by atoms with Gasteiger partial charge in [-0.3, -0.25) is 0 Å². The van der Waals surface area contributed by atoms with E-state index in [-0.39, 0.29) is 5.82 Å². The highest BCUT2D eigenvalue weighted by Crippen LogP contribution is 2.27. The third-order valence-electron chi connectivity index (χ3n) is 3.66. The second-order valence-electron chi connectivity index (χ2n) is 4.99. The van der Waals surface area contributed by atoms with Crippen molar-refractivity contribution >= 4 is 0 Å². The first-order chi connectivity index (χ1) is 10.2. The summed E-state index contributed by atoms with van der Waals surface area (Å²) in [5.74, 6) is 0.270. The third kappa shape index (κ3) is 3.61. The van der Waals surface area contributed by atoms with Gasteiger partial charge in [0, 0.05) is 17.7 Å². The fourth-order valence-corrected chi connectivity index (χ4v) is 2.50. The quantitative estimate of drug-likeness (QED) is 0.840. The van der Waals surface area contributed by atoms with E-state index in [1.165, 1.54) is 18.7 Å². The van der Waals surface area contributed by atoms with Crippen molar-refractivity contribution in [1.82, 2.24) is 5.32 Å². The molecule has 0 aliphatic rings.